The first-order chi connectivity index (χ1) is 9.35. The Morgan fingerprint density at radius 1 is 1.47 bits per heavy atom. The SMILES string of the molecule is CCNC(CCC1CCCCO1)c1ccnn1CC. The van der Waals surface area contributed by atoms with E-state index >= 15 is 0 Å². The van der Waals surface area contributed by atoms with Gasteiger partial charge in [0.25, 0.3) is 0 Å². The molecule has 1 N–H and O–H groups in total. The number of nitrogens with one attached hydrogen (secondary N) is 1. The highest BCUT2D eigenvalue weighted by atomic mass is 16.5. The molecule has 1 aliphatic heterocycles. The Balaban J connectivity index is 1.91. The number of aryl methyl sites for hydroxylation is 1. The first-order valence-electron chi connectivity index (χ1n) is 7.71. The fraction of sp³-hybridized carbons (Fsp3) is 0.800. The molecule has 0 bridgehead atoms. The van der Waals surface area contributed by atoms with Crippen LogP contribution in [0.15, 0.2) is 12.3 Å². The van der Waals surface area contributed by atoms with Gasteiger partial charge in [-0.2, -0.15) is 5.10 Å². The monoisotopic (exact) mass is 265 g/mol. The van der Waals surface area contributed by atoms with Gasteiger partial charge in [0.15, 0.2) is 0 Å². The molecule has 4 nitrogen and oxygen atoms in total. The molecule has 0 spiro atoms. The third-order valence-electron chi connectivity index (χ3n) is 3.91. The van der Waals surface area contributed by atoms with Gasteiger partial charge in [-0.1, -0.05) is 6.92 Å². The highest BCUT2D eigenvalue weighted by Crippen LogP contribution is 2.23. The van der Waals surface area contributed by atoms with Crippen LogP contribution in [0, 0.1) is 0 Å². The quantitative estimate of drug-likeness (QED) is 0.824. The lowest BCUT2D eigenvalue weighted by Crippen LogP contribution is -2.26. The summed E-state index contributed by atoms with van der Waals surface area (Å²) in [6, 6.07) is 2.54. The van der Waals surface area contributed by atoms with Gasteiger partial charge in [-0.15, -0.1) is 0 Å². The molecule has 1 aromatic heterocycles. The largest absolute Gasteiger partial charge is 0.378 e. The van der Waals surface area contributed by atoms with Gasteiger partial charge in [0.05, 0.1) is 11.8 Å². The van der Waals surface area contributed by atoms with E-state index in [1.165, 1.54) is 25.0 Å². The van der Waals surface area contributed by atoms with Crippen LogP contribution >= 0.6 is 0 Å². The summed E-state index contributed by atoms with van der Waals surface area (Å²) in [6.45, 7) is 7.18. The molecule has 2 heterocycles. The van der Waals surface area contributed by atoms with E-state index in [0.717, 1.165) is 32.5 Å². The lowest BCUT2D eigenvalue weighted by Gasteiger charge is -2.25. The van der Waals surface area contributed by atoms with Gasteiger partial charge in [-0.05, 0) is 51.6 Å². The van der Waals surface area contributed by atoms with Gasteiger partial charge >= 0.3 is 0 Å². The minimum atomic E-state index is 0.401. The van der Waals surface area contributed by atoms with E-state index in [2.05, 4.69) is 35.0 Å². The second-order valence-electron chi connectivity index (χ2n) is 5.25. The van der Waals surface area contributed by atoms with Crippen LogP contribution in [0.2, 0.25) is 0 Å². The first kappa shape index (κ1) is 14.5. The predicted octanol–water partition coefficient (Wildman–Crippen LogP) is 2.90. The molecule has 0 saturated carbocycles. The van der Waals surface area contributed by atoms with Gasteiger partial charge in [0.1, 0.15) is 0 Å². The Bertz CT molecular complexity index is 358. The van der Waals surface area contributed by atoms with Crippen LogP contribution in [-0.2, 0) is 11.3 Å². The zero-order chi connectivity index (χ0) is 13.5. The highest BCUT2D eigenvalue weighted by molar-refractivity contribution is 5.07. The summed E-state index contributed by atoms with van der Waals surface area (Å²) in [5, 5.41) is 7.96. The molecule has 0 radical (unpaired) electrons. The minimum Gasteiger partial charge on any atom is -0.378 e. The molecule has 4 heteroatoms. The van der Waals surface area contributed by atoms with Crippen LogP contribution in [0.25, 0.3) is 0 Å². The second-order valence-corrected chi connectivity index (χ2v) is 5.25. The molecule has 1 aliphatic rings. The maximum atomic E-state index is 5.83. The van der Waals surface area contributed by atoms with Gasteiger partial charge in [0, 0.05) is 25.4 Å². The third kappa shape index (κ3) is 4.05. The Morgan fingerprint density at radius 2 is 2.37 bits per heavy atom. The molecule has 108 valence electrons. The molecular formula is C15H27N3O. The minimum absolute atomic E-state index is 0.401. The van der Waals surface area contributed by atoms with Crippen LogP contribution in [0.3, 0.4) is 0 Å². The number of hydrogen-bond donors (Lipinski definition) is 1. The Morgan fingerprint density at radius 3 is 3.05 bits per heavy atom. The summed E-state index contributed by atoms with van der Waals surface area (Å²) in [6.07, 6.45) is 8.43. The van der Waals surface area contributed by atoms with Crippen LogP contribution in [0.4, 0.5) is 0 Å². The molecule has 1 fully saturated rings. The Labute approximate surface area is 116 Å². The van der Waals surface area contributed by atoms with Crippen molar-refractivity contribution in [3.8, 4) is 0 Å². The summed E-state index contributed by atoms with van der Waals surface area (Å²) >= 11 is 0. The van der Waals surface area contributed by atoms with Gasteiger partial charge in [0.2, 0.25) is 0 Å². The second kappa shape index (κ2) is 7.65. The highest BCUT2D eigenvalue weighted by Gasteiger charge is 2.19. The average molecular weight is 265 g/mol. The molecule has 1 aromatic rings. The molecule has 2 rings (SSSR count). The molecule has 19 heavy (non-hydrogen) atoms. The van der Waals surface area contributed by atoms with Gasteiger partial charge < -0.3 is 10.1 Å². The Hall–Kier alpha value is -0.870. The molecular weight excluding hydrogens is 238 g/mol. The van der Waals surface area contributed by atoms with Crippen molar-refractivity contribution in [3.05, 3.63) is 18.0 Å². The van der Waals surface area contributed by atoms with Crippen LogP contribution in [0.1, 0.15) is 57.7 Å². The average Bonchev–Trinajstić information content (AvgIpc) is 2.93. The summed E-state index contributed by atoms with van der Waals surface area (Å²) < 4.78 is 7.92. The molecule has 2 atom stereocenters. The topological polar surface area (TPSA) is 39.1 Å². The zero-order valence-electron chi connectivity index (χ0n) is 12.3. The van der Waals surface area contributed by atoms with E-state index in [1.54, 1.807) is 0 Å². The van der Waals surface area contributed by atoms with E-state index in [9.17, 15) is 0 Å². The lowest BCUT2D eigenvalue weighted by atomic mass is 10.00. The fourth-order valence-corrected chi connectivity index (χ4v) is 2.89. The number of ether oxygens (including phenoxy) is 1. The molecule has 0 aliphatic carbocycles. The van der Waals surface area contributed by atoms with Crippen molar-refractivity contribution in [1.82, 2.24) is 15.1 Å². The van der Waals surface area contributed by atoms with E-state index in [0.29, 0.717) is 12.1 Å². The van der Waals surface area contributed by atoms with E-state index in [1.807, 2.05) is 6.20 Å². The van der Waals surface area contributed by atoms with Gasteiger partial charge in [-0.3, -0.25) is 4.68 Å². The van der Waals surface area contributed by atoms with Crippen LogP contribution in [-0.4, -0.2) is 29.0 Å². The number of rotatable bonds is 7. The molecule has 1 saturated heterocycles. The maximum absolute atomic E-state index is 5.83. The third-order valence-corrected chi connectivity index (χ3v) is 3.91. The predicted molar refractivity (Wildman–Crippen MR) is 77.1 cm³/mol. The van der Waals surface area contributed by atoms with Crippen LogP contribution in [0.5, 0.6) is 0 Å². The molecule has 0 aromatic carbocycles. The number of nitrogens with zero attached hydrogens (tertiary/aromatic N) is 2. The van der Waals surface area contributed by atoms with Crippen molar-refractivity contribution in [1.29, 1.82) is 0 Å². The number of hydrogen-bond acceptors (Lipinski definition) is 3. The summed E-state index contributed by atoms with van der Waals surface area (Å²) in [5.74, 6) is 0. The molecule has 0 amide bonds. The fourth-order valence-electron chi connectivity index (χ4n) is 2.89. The lowest BCUT2D eigenvalue weighted by molar-refractivity contribution is 0.00843. The summed E-state index contributed by atoms with van der Waals surface area (Å²) in [4.78, 5) is 0. The number of aromatic nitrogens is 2. The maximum Gasteiger partial charge on any atom is 0.0575 e. The van der Waals surface area contributed by atoms with E-state index in [-0.39, 0.29) is 0 Å². The first-order valence-corrected chi connectivity index (χ1v) is 7.71. The van der Waals surface area contributed by atoms with E-state index in [4.69, 9.17) is 4.74 Å². The van der Waals surface area contributed by atoms with Crippen molar-refractivity contribution >= 4 is 0 Å². The summed E-state index contributed by atoms with van der Waals surface area (Å²) in [7, 11) is 0. The standard InChI is InChI=1S/C15H27N3O/c1-3-16-14(15-10-11-17-18(15)4-2)9-8-13-7-5-6-12-19-13/h10-11,13-14,16H,3-9,12H2,1-2H3. The Kier molecular flexibility index (Phi) is 5.86. The van der Waals surface area contributed by atoms with Gasteiger partial charge in [-0.25, -0.2) is 0 Å². The van der Waals surface area contributed by atoms with Crippen molar-refractivity contribution in [2.24, 2.45) is 0 Å². The van der Waals surface area contributed by atoms with E-state index < -0.39 is 0 Å². The summed E-state index contributed by atoms with van der Waals surface area (Å²) in [5.41, 5.74) is 1.31. The van der Waals surface area contributed by atoms with Crippen molar-refractivity contribution < 1.29 is 4.74 Å². The van der Waals surface area contributed by atoms with Crippen molar-refractivity contribution in [3.63, 3.8) is 0 Å². The van der Waals surface area contributed by atoms with Crippen LogP contribution < -0.4 is 5.32 Å². The molecule has 2 unspecified atom stereocenters. The van der Waals surface area contributed by atoms with Crippen molar-refractivity contribution in [2.45, 2.75) is 64.6 Å². The van der Waals surface area contributed by atoms with Crippen molar-refractivity contribution in [2.75, 3.05) is 13.2 Å². The smallest absolute Gasteiger partial charge is 0.0575 e. The zero-order valence-corrected chi connectivity index (χ0v) is 12.3. The normalized spacial score (nSPS) is 21.5.